The number of aliphatic carboxylic acids is 1. The largest absolute Gasteiger partial charge is 0.481 e. The zero-order valence-corrected chi connectivity index (χ0v) is 24.4. The Bertz CT molecular complexity index is 1000. The van der Waals surface area contributed by atoms with Crippen LogP contribution in [0.3, 0.4) is 0 Å². The molecule has 0 unspecified atom stereocenters. The number of aliphatic hydroxyl groups is 1. The highest BCUT2D eigenvalue weighted by Crippen LogP contribution is 2.73. The molecule has 4 aliphatic carbocycles. The molecule has 2 N–H and O–H groups in total. The first-order chi connectivity index (χ1) is 17.1. The van der Waals surface area contributed by atoms with Crippen LogP contribution in [0.5, 0.6) is 0 Å². The number of allylic oxidation sites excluding steroid dienone is 3. The molecule has 0 amide bonds. The van der Waals surface area contributed by atoms with E-state index in [1.165, 1.54) is 23.6 Å². The first kappa shape index (κ1) is 28.4. The Kier molecular flexibility index (Phi) is 7.32. The number of hydrogen-bond acceptors (Lipinski definition) is 4. The van der Waals surface area contributed by atoms with Crippen molar-refractivity contribution in [3.05, 3.63) is 22.8 Å². The predicted octanol–water partition coefficient (Wildman–Crippen LogP) is 7.09. The van der Waals surface area contributed by atoms with Crippen LogP contribution in [-0.2, 0) is 14.3 Å². The Morgan fingerprint density at radius 1 is 1.03 bits per heavy atom. The average Bonchev–Trinajstić information content (AvgIpc) is 3.01. The van der Waals surface area contributed by atoms with Gasteiger partial charge in [0.25, 0.3) is 0 Å². The number of fused-ring (bicyclic) bond motifs is 4. The van der Waals surface area contributed by atoms with E-state index >= 15 is 0 Å². The van der Waals surface area contributed by atoms with Crippen LogP contribution in [0.2, 0.25) is 0 Å². The zero-order chi connectivity index (χ0) is 27.6. The topological polar surface area (TPSA) is 83.8 Å². The van der Waals surface area contributed by atoms with E-state index in [2.05, 4.69) is 54.5 Å². The number of carbonyl (C=O) groups excluding carboxylic acids is 1. The molecule has 8 atom stereocenters. The lowest BCUT2D eigenvalue weighted by Gasteiger charge is -2.62. The van der Waals surface area contributed by atoms with Crippen LogP contribution in [-0.4, -0.2) is 34.4 Å². The van der Waals surface area contributed by atoms with E-state index in [9.17, 15) is 19.8 Å². The van der Waals surface area contributed by atoms with Crippen LogP contribution in [0.1, 0.15) is 113 Å². The molecule has 4 rings (SSSR count). The van der Waals surface area contributed by atoms with Gasteiger partial charge in [0, 0.05) is 12.3 Å². The second-order valence-electron chi connectivity index (χ2n) is 14.2. The number of hydrogen-bond donors (Lipinski definition) is 2. The third-order valence-electron chi connectivity index (χ3n) is 12.0. The molecule has 37 heavy (non-hydrogen) atoms. The van der Waals surface area contributed by atoms with E-state index in [1.807, 2.05) is 0 Å². The maximum Gasteiger partial charge on any atom is 0.306 e. The quantitative estimate of drug-likeness (QED) is 0.292. The van der Waals surface area contributed by atoms with Gasteiger partial charge in [-0.25, -0.2) is 0 Å². The van der Waals surface area contributed by atoms with Crippen molar-refractivity contribution < 1.29 is 24.5 Å². The number of carboxylic acids is 1. The van der Waals surface area contributed by atoms with Crippen molar-refractivity contribution in [2.75, 3.05) is 0 Å². The highest BCUT2D eigenvalue weighted by Gasteiger charge is 2.68. The Morgan fingerprint density at radius 2 is 1.70 bits per heavy atom. The van der Waals surface area contributed by atoms with Crippen molar-refractivity contribution in [1.82, 2.24) is 0 Å². The molecule has 0 saturated heterocycles. The summed E-state index contributed by atoms with van der Waals surface area (Å²) in [6.45, 7) is 17.1. The minimum Gasteiger partial charge on any atom is -0.481 e. The van der Waals surface area contributed by atoms with Gasteiger partial charge < -0.3 is 14.9 Å². The fraction of sp³-hybridized carbons (Fsp3) is 0.812. The van der Waals surface area contributed by atoms with Crippen molar-refractivity contribution in [2.24, 2.45) is 39.4 Å². The minimum absolute atomic E-state index is 0.0230. The molecule has 0 aromatic carbocycles. The maximum absolute atomic E-state index is 12.7. The summed E-state index contributed by atoms with van der Waals surface area (Å²) in [5.41, 5.74) is 3.42. The monoisotopic (exact) mass is 514 g/mol. The molecule has 4 aliphatic rings. The third kappa shape index (κ3) is 4.22. The number of carbonyl (C=O) groups is 2. The van der Waals surface area contributed by atoms with Crippen molar-refractivity contribution in [1.29, 1.82) is 0 Å². The summed E-state index contributed by atoms with van der Waals surface area (Å²) in [7, 11) is 0. The summed E-state index contributed by atoms with van der Waals surface area (Å²) in [4.78, 5) is 25.0. The molecule has 0 aromatic rings. The lowest BCUT2D eigenvalue weighted by atomic mass is 9.43. The molecule has 5 heteroatoms. The summed E-state index contributed by atoms with van der Waals surface area (Å²) in [5, 5.41) is 21.3. The smallest absolute Gasteiger partial charge is 0.306 e. The van der Waals surface area contributed by atoms with Crippen LogP contribution in [0.25, 0.3) is 0 Å². The van der Waals surface area contributed by atoms with Gasteiger partial charge in [0.05, 0.1) is 12.0 Å². The molecule has 5 nitrogen and oxygen atoms in total. The van der Waals surface area contributed by atoms with E-state index in [4.69, 9.17) is 4.74 Å². The first-order valence-corrected chi connectivity index (χ1v) is 14.5. The van der Waals surface area contributed by atoms with Crippen LogP contribution in [0.15, 0.2) is 22.8 Å². The second kappa shape index (κ2) is 9.54. The van der Waals surface area contributed by atoms with Gasteiger partial charge in [-0.1, -0.05) is 57.4 Å². The SMILES string of the molecule is CC(=O)O[C@H]1C[C@H]([C@@H](CCC=C(C)C)C(=O)O)[C@@]2(C)CCC3=C(CC[C@H]4C(C)(C)[C@@H](O)CC[C@]34C)[C@]12C. The van der Waals surface area contributed by atoms with Gasteiger partial charge in [0.15, 0.2) is 0 Å². The van der Waals surface area contributed by atoms with Gasteiger partial charge >= 0.3 is 11.9 Å². The number of esters is 1. The lowest BCUT2D eigenvalue weighted by Crippen LogP contribution is -2.56. The van der Waals surface area contributed by atoms with Crippen LogP contribution < -0.4 is 0 Å². The van der Waals surface area contributed by atoms with E-state index in [0.29, 0.717) is 18.8 Å². The number of carboxylic acid groups (broad SMARTS) is 1. The number of ether oxygens (including phenoxy) is 1. The van der Waals surface area contributed by atoms with Crippen molar-refractivity contribution in [3.63, 3.8) is 0 Å². The van der Waals surface area contributed by atoms with Crippen LogP contribution in [0.4, 0.5) is 0 Å². The van der Waals surface area contributed by atoms with E-state index in [1.54, 1.807) is 0 Å². The normalized spacial score (nSPS) is 41.2. The fourth-order valence-electron chi connectivity index (χ4n) is 9.75. The second-order valence-corrected chi connectivity index (χ2v) is 14.2. The third-order valence-corrected chi connectivity index (χ3v) is 12.0. The molecular formula is C32H50O5. The van der Waals surface area contributed by atoms with Crippen molar-refractivity contribution in [3.8, 4) is 0 Å². The summed E-state index contributed by atoms with van der Waals surface area (Å²) >= 11 is 0. The van der Waals surface area contributed by atoms with Crippen LogP contribution in [0, 0.1) is 39.4 Å². The van der Waals surface area contributed by atoms with E-state index < -0.39 is 11.9 Å². The molecule has 0 bridgehead atoms. The zero-order valence-electron chi connectivity index (χ0n) is 24.4. The van der Waals surface area contributed by atoms with Gasteiger partial charge in [0.2, 0.25) is 0 Å². The van der Waals surface area contributed by atoms with Gasteiger partial charge in [-0.15, -0.1) is 0 Å². The van der Waals surface area contributed by atoms with Gasteiger partial charge in [-0.2, -0.15) is 0 Å². The Labute approximate surface area is 224 Å². The standard InChI is InChI=1S/C32H50O5/c1-19(2)10-9-11-21(28(35)36)24-18-27(37-20(3)33)32(8)23-12-13-25-29(4,5)26(34)15-16-30(25,6)22(23)14-17-31(24,32)7/h10,21,24-27,34H,9,11-18H2,1-8H3,(H,35,36)/t21-,24-,25+,26+,27+,30-,31-,32-/m1/s1. The predicted molar refractivity (Wildman–Crippen MR) is 146 cm³/mol. The fourth-order valence-corrected chi connectivity index (χ4v) is 9.75. The summed E-state index contributed by atoms with van der Waals surface area (Å²) in [6.07, 6.45) is 9.18. The van der Waals surface area contributed by atoms with E-state index in [0.717, 1.165) is 44.9 Å². The molecule has 2 fully saturated rings. The average molecular weight is 515 g/mol. The number of aliphatic hydroxyl groups excluding tert-OH is 1. The van der Waals surface area contributed by atoms with Crippen molar-refractivity contribution >= 4 is 11.9 Å². The van der Waals surface area contributed by atoms with Gasteiger partial charge in [0.1, 0.15) is 6.10 Å². The highest BCUT2D eigenvalue weighted by molar-refractivity contribution is 5.71. The lowest BCUT2D eigenvalue weighted by molar-refractivity contribution is -0.154. The Hall–Kier alpha value is -1.62. The Morgan fingerprint density at radius 3 is 2.30 bits per heavy atom. The van der Waals surface area contributed by atoms with Gasteiger partial charge in [-0.05, 0) is 99.7 Å². The molecule has 0 aliphatic heterocycles. The van der Waals surface area contributed by atoms with Crippen molar-refractivity contribution in [2.45, 2.75) is 125 Å². The molecular weight excluding hydrogens is 464 g/mol. The highest BCUT2D eigenvalue weighted by atomic mass is 16.5. The summed E-state index contributed by atoms with van der Waals surface area (Å²) < 4.78 is 6.11. The van der Waals surface area contributed by atoms with E-state index in [-0.39, 0.29) is 45.8 Å². The van der Waals surface area contributed by atoms with Gasteiger partial charge in [-0.3, -0.25) is 9.59 Å². The molecule has 2 saturated carbocycles. The Balaban J connectivity index is 1.81. The number of rotatable bonds is 6. The summed E-state index contributed by atoms with van der Waals surface area (Å²) in [5.74, 6) is -1.10. The summed E-state index contributed by atoms with van der Waals surface area (Å²) in [6, 6.07) is 0. The minimum atomic E-state index is -0.724. The molecule has 0 aromatic heterocycles. The molecule has 0 spiro atoms. The maximum atomic E-state index is 12.7. The van der Waals surface area contributed by atoms with Crippen LogP contribution >= 0.6 is 0 Å². The molecule has 208 valence electrons. The molecule has 0 radical (unpaired) electrons. The first-order valence-electron chi connectivity index (χ1n) is 14.5. The molecule has 0 heterocycles.